The fourth-order valence-electron chi connectivity index (χ4n) is 2.62. The number of carbonyl (C=O) groups excluding carboxylic acids is 2. The maximum atomic E-state index is 12.8. The first kappa shape index (κ1) is 18.7. The standard InChI is InChI=1S/C18H16ClN3O5/c1-3-26-18(25)14-10(2)27-16-15(14)17(24)22(9-20-16)8-13(23)21-12-6-4-5-11(19)7-12/h4-7,9H,3,8H2,1-2H3,(H,21,23). The van der Waals surface area contributed by atoms with Gasteiger partial charge in [-0.05, 0) is 32.0 Å². The molecule has 0 aliphatic rings. The molecule has 140 valence electrons. The first-order valence-electron chi connectivity index (χ1n) is 8.11. The number of rotatable bonds is 5. The maximum Gasteiger partial charge on any atom is 0.342 e. The zero-order chi connectivity index (χ0) is 19.6. The molecule has 0 unspecified atom stereocenters. The van der Waals surface area contributed by atoms with Gasteiger partial charge in [-0.1, -0.05) is 17.7 Å². The fourth-order valence-corrected chi connectivity index (χ4v) is 2.81. The van der Waals surface area contributed by atoms with E-state index in [1.165, 1.54) is 6.33 Å². The Morgan fingerprint density at radius 2 is 2.15 bits per heavy atom. The van der Waals surface area contributed by atoms with Crippen LogP contribution in [-0.4, -0.2) is 28.0 Å². The average molecular weight is 390 g/mol. The third kappa shape index (κ3) is 3.85. The molecule has 1 N–H and O–H groups in total. The molecular formula is C18H16ClN3O5. The van der Waals surface area contributed by atoms with Crippen LogP contribution in [0, 0.1) is 6.92 Å². The lowest BCUT2D eigenvalue weighted by Crippen LogP contribution is -2.28. The molecule has 2 aromatic heterocycles. The molecule has 0 saturated heterocycles. The number of esters is 1. The number of hydrogen-bond donors (Lipinski definition) is 1. The molecule has 0 spiro atoms. The smallest absolute Gasteiger partial charge is 0.342 e. The molecule has 27 heavy (non-hydrogen) atoms. The van der Waals surface area contributed by atoms with E-state index in [-0.39, 0.29) is 35.6 Å². The largest absolute Gasteiger partial charge is 0.462 e. The highest BCUT2D eigenvalue weighted by Gasteiger charge is 2.24. The highest BCUT2D eigenvalue weighted by Crippen LogP contribution is 2.21. The molecule has 8 nitrogen and oxygen atoms in total. The molecule has 0 bridgehead atoms. The van der Waals surface area contributed by atoms with E-state index in [9.17, 15) is 14.4 Å². The van der Waals surface area contributed by atoms with E-state index in [1.54, 1.807) is 38.1 Å². The van der Waals surface area contributed by atoms with Crippen molar-refractivity contribution in [2.45, 2.75) is 20.4 Å². The van der Waals surface area contributed by atoms with Gasteiger partial charge in [-0.3, -0.25) is 14.2 Å². The first-order valence-corrected chi connectivity index (χ1v) is 8.49. The van der Waals surface area contributed by atoms with Gasteiger partial charge in [0.25, 0.3) is 5.56 Å². The molecule has 0 fully saturated rings. The number of ether oxygens (including phenoxy) is 1. The van der Waals surface area contributed by atoms with Crippen molar-refractivity contribution >= 4 is 40.3 Å². The van der Waals surface area contributed by atoms with E-state index in [0.717, 1.165) is 4.57 Å². The first-order chi connectivity index (χ1) is 12.9. The summed E-state index contributed by atoms with van der Waals surface area (Å²) in [5.41, 5.74) is -0.0249. The lowest BCUT2D eigenvalue weighted by molar-refractivity contribution is -0.116. The van der Waals surface area contributed by atoms with E-state index >= 15 is 0 Å². The summed E-state index contributed by atoms with van der Waals surface area (Å²) in [7, 11) is 0. The fraction of sp³-hybridized carbons (Fsp3) is 0.222. The highest BCUT2D eigenvalue weighted by molar-refractivity contribution is 6.30. The van der Waals surface area contributed by atoms with Crippen molar-refractivity contribution in [2.75, 3.05) is 11.9 Å². The minimum Gasteiger partial charge on any atom is -0.462 e. The highest BCUT2D eigenvalue weighted by atomic mass is 35.5. The zero-order valence-electron chi connectivity index (χ0n) is 14.6. The van der Waals surface area contributed by atoms with Crippen molar-refractivity contribution < 1.29 is 18.7 Å². The van der Waals surface area contributed by atoms with Crippen molar-refractivity contribution in [2.24, 2.45) is 0 Å². The second-order valence-corrected chi connectivity index (χ2v) is 6.11. The van der Waals surface area contributed by atoms with Gasteiger partial charge >= 0.3 is 5.97 Å². The number of hydrogen-bond acceptors (Lipinski definition) is 6. The Balaban J connectivity index is 1.92. The Morgan fingerprint density at radius 1 is 1.37 bits per heavy atom. The van der Waals surface area contributed by atoms with Crippen LogP contribution in [0.15, 0.2) is 39.8 Å². The molecular weight excluding hydrogens is 374 g/mol. The van der Waals surface area contributed by atoms with E-state index in [2.05, 4.69) is 10.3 Å². The summed E-state index contributed by atoms with van der Waals surface area (Å²) >= 11 is 5.88. The van der Waals surface area contributed by atoms with Crippen molar-refractivity contribution in [3.05, 3.63) is 57.3 Å². The molecule has 0 aliphatic carbocycles. The predicted octanol–water partition coefficient (Wildman–Crippen LogP) is 2.77. The van der Waals surface area contributed by atoms with E-state index in [1.807, 2.05) is 0 Å². The van der Waals surface area contributed by atoms with E-state index in [0.29, 0.717) is 10.7 Å². The van der Waals surface area contributed by atoms with Gasteiger partial charge in [0.15, 0.2) is 0 Å². The van der Waals surface area contributed by atoms with Crippen LogP contribution < -0.4 is 10.9 Å². The second kappa shape index (κ2) is 7.63. The van der Waals surface area contributed by atoms with Gasteiger partial charge in [-0.25, -0.2) is 9.78 Å². The normalized spacial score (nSPS) is 10.8. The summed E-state index contributed by atoms with van der Waals surface area (Å²) in [6.07, 6.45) is 1.19. The number of aromatic nitrogens is 2. The summed E-state index contributed by atoms with van der Waals surface area (Å²) in [4.78, 5) is 41.2. The summed E-state index contributed by atoms with van der Waals surface area (Å²) in [6, 6.07) is 6.63. The summed E-state index contributed by atoms with van der Waals surface area (Å²) in [5.74, 6) is -0.888. The molecule has 0 atom stereocenters. The van der Waals surface area contributed by atoms with Crippen LogP contribution in [0.2, 0.25) is 5.02 Å². The zero-order valence-corrected chi connectivity index (χ0v) is 15.4. The molecule has 1 amide bonds. The minimum atomic E-state index is -0.672. The van der Waals surface area contributed by atoms with Crippen molar-refractivity contribution in [3.63, 3.8) is 0 Å². The minimum absolute atomic E-state index is 0.0102. The number of halogens is 1. The topological polar surface area (TPSA) is 103 Å². The lowest BCUT2D eigenvalue weighted by atomic mass is 10.2. The van der Waals surface area contributed by atoms with Crippen LogP contribution >= 0.6 is 11.6 Å². The quantitative estimate of drug-likeness (QED) is 0.673. The van der Waals surface area contributed by atoms with Gasteiger partial charge in [0.05, 0.1) is 6.61 Å². The molecule has 1 aromatic carbocycles. The lowest BCUT2D eigenvalue weighted by Gasteiger charge is -2.07. The molecule has 3 aromatic rings. The predicted molar refractivity (Wildman–Crippen MR) is 99.0 cm³/mol. The summed E-state index contributed by atoms with van der Waals surface area (Å²) in [5, 5.41) is 3.11. The van der Waals surface area contributed by atoms with Gasteiger partial charge in [-0.2, -0.15) is 0 Å². The number of fused-ring (bicyclic) bond motifs is 1. The van der Waals surface area contributed by atoms with Crippen LogP contribution in [0.3, 0.4) is 0 Å². The third-order valence-electron chi connectivity index (χ3n) is 3.76. The number of aryl methyl sites for hydroxylation is 1. The average Bonchev–Trinajstić information content (AvgIpc) is 2.94. The number of amides is 1. The molecule has 0 saturated carbocycles. The van der Waals surface area contributed by atoms with Crippen LogP contribution in [0.5, 0.6) is 0 Å². The Bertz CT molecular complexity index is 1090. The van der Waals surface area contributed by atoms with Crippen molar-refractivity contribution in [3.8, 4) is 0 Å². The van der Waals surface area contributed by atoms with Crippen LogP contribution in [0.4, 0.5) is 5.69 Å². The molecule has 9 heteroatoms. The number of anilines is 1. The molecule has 0 aliphatic heterocycles. The second-order valence-electron chi connectivity index (χ2n) is 5.67. The summed E-state index contributed by atoms with van der Waals surface area (Å²) < 4.78 is 11.4. The molecule has 2 heterocycles. The Kier molecular flexibility index (Phi) is 5.27. The van der Waals surface area contributed by atoms with Crippen molar-refractivity contribution in [1.82, 2.24) is 9.55 Å². The van der Waals surface area contributed by atoms with Gasteiger partial charge < -0.3 is 14.5 Å². The van der Waals surface area contributed by atoms with E-state index < -0.39 is 17.4 Å². The Morgan fingerprint density at radius 3 is 2.85 bits per heavy atom. The Hall–Kier alpha value is -3.13. The van der Waals surface area contributed by atoms with Gasteiger partial charge in [-0.15, -0.1) is 0 Å². The monoisotopic (exact) mass is 389 g/mol. The van der Waals surface area contributed by atoms with Crippen LogP contribution in [-0.2, 0) is 16.1 Å². The Labute approximate surface area is 158 Å². The van der Waals surface area contributed by atoms with Gasteiger partial charge in [0.2, 0.25) is 11.6 Å². The summed E-state index contributed by atoms with van der Waals surface area (Å²) in [6.45, 7) is 3.07. The van der Waals surface area contributed by atoms with Crippen molar-refractivity contribution in [1.29, 1.82) is 0 Å². The van der Waals surface area contributed by atoms with E-state index in [4.69, 9.17) is 20.8 Å². The number of benzene rings is 1. The van der Waals surface area contributed by atoms with Gasteiger partial charge in [0.1, 0.15) is 29.6 Å². The number of nitrogens with zero attached hydrogens (tertiary/aromatic N) is 2. The number of nitrogens with one attached hydrogen (secondary N) is 1. The SMILES string of the molecule is CCOC(=O)c1c(C)oc2ncn(CC(=O)Nc3cccc(Cl)c3)c(=O)c12. The molecule has 0 radical (unpaired) electrons. The maximum absolute atomic E-state index is 12.8. The van der Waals surface area contributed by atoms with Crippen LogP contribution in [0.1, 0.15) is 23.0 Å². The number of furan rings is 1. The van der Waals surface area contributed by atoms with Crippen LogP contribution in [0.25, 0.3) is 11.1 Å². The molecule has 3 rings (SSSR count). The number of carbonyl (C=O) groups is 2. The third-order valence-corrected chi connectivity index (χ3v) is 3.99. The van der Waals surface area contributed by atoms with Gasteiger partial charge in [0, 0.05) is 10.7 Å².